The SMILES string of the molecule is Cc1cc(-c2ccc3c(c2)c2ccccc2n3-c2ccccc2)ccc1Nc1ccc2c(c1)C(C)(C)c1ccccc1-2. The lowest BCUT2D eigenvalue weighted by Gasteiger charge is -2.22. The van der Waals surface area contributed by atoms with Crippen LogP contribution in [-0.4, -0.2) is 4.57 Å². The van der Waals surface area contributed by atoms with Crippen LogP contribution in [0.3, 0.4) is 0 Å². The molecular weight excluding hydrogens is 508 g/mol. The van der Waals surface area contributed by atoms with E-state index in [0.717, 1.165) is 11.4 Å². The fourth-order valence-electron chi connectivity index (χ4n) is 6.93. The molecule has 0 amide bonds. The van der Waals surface area contributed by atoms with E-state index in [2.05, 4.69) is 164 Å². The van der Waals surface area contributed by atoms with Gasteiger partial charge >= 0.3 is 0 Å². The molecule has 0 bridgehead atoms. The third-order valence-corrected chi connectivity index (χ3v) is 9.11. The van der Waals surface area contributed by atoms with E-state index >= 15 is 0 Å². The highest BCUT2D eigenvalue weighted by Gasteiger charge is 2.35. The van der Waals surface area contributed by atoms with E-state index in [4.69, 9.17) is 0 Å². The maximum absolute atomic E-state index is 3.72. The second-order valence-electron chi connectivity index (χ2n) is 12.0. The molecule has 42 heavy (non-hydrogen) atoms. The third-order valence-electron chi connectivity index (χ3n) is 9.11. The van der Waals surface area contributed by atoms with Crippen molar-refractivity contribution in [2.45, 2.75) is 26.2 Å². The third kappa shape index (κ3) is 3.72. The Morgan fingerprint density at radius 2 is 1.24 bits per heavy atom. The lowest BCUT2D eigenvalue weighted by Crippen LogP contribution is -2.15. The Hall–Kier alpha value is -5.08. The van der Waals surface area contributed by atoms with Crippen molar-refractivity contribution in [3.05, 3.63) is 150 Å². The molecule has 202 valence electrons. The average Bonchev–Trinajstić information content (AvgIpc) is 3.47. The Morgan fingerprint density at radius 3 is 2.10 bits per heavy atom. The number of hydrogen-bond donors (Lipinski definition) is 1. The molecule has 0 atom stereocenters. The highest BCUT2D eigenvalue weighted by Crippen LogP contribution is 2.49. The molecule has 1 N–H and O–H groups in total. The smallest absolute Gasteiger partial charge is 0.0541 e. The van der Waals surface area contributed by atoms with Crippen molar-refractivity contribution in [3.8, 4) is 27.9 Å². The summed E-state index contributed by atoms with van der Waals surface area (Å²) in [5.74, 6) is 0. The quantitative estimate of drug-likeness (QED) is 0.235. The van der Waals surface area contributed by atoms with Gasteiger partial charge in [-0.1, -0.05) is 92.7 Å². The Balaban J connectivity index is 1.14. The summed E-state index contributed by atoms with van der Waals surface area (Å²) in [5, 5.41) is 6.26. The molecule has 2 nitrogen and oxygen atoms in total. The summed E-state index contributed by atoms with van der Waals surface area (Å²) in [4.78, 5) is 0. The summed E-state index contributed by atoms with van der Waals surface area (Å²) >= 11 is 0. The van der Waals surface area contributed by atoms with Crippen LogP contribution < -0.4 is 5.32 Å². The second kappa shape index (κ2) is 9.22. The highest BCUT2D eigenvalue weighted by molar-refractivity contribution is 6.10. The molecule has 0 aliphatic heterocycles. The van der Waals surface area contributed by atoms with Crippen molar-refractivity contribution in [2.24, 2.45) is 0 Å². The summed E-state index contributed by atoms with van der Waals surface area (Å²) in [6.45, 7) is 6.85. The van der Waals surface area contributed by atoms with E-state index in [1.807, 2.05) is 0 Å². The number of rotatable bonds is 4. The second-order valence-corrected chi connectivity index (χ2v) is 12.0. The summed E-state index contributed by atoms with van der Waals surface area (Å²) in [7, 11) is 0. The van der Waals surface area contributed by atoms with Gasteiger partial charge in [0.05, 0.1) is 11.0 Å². The molecule has 0 spiro atoms. The van der Waals surface area contributed by atoms with Gasteiger partial charge in [0.15, 0.2) is 0 Å². The van der Waals surface area contributed by atoms with Crippen LogP contribution >= 0.6 is 0 Å². The van der Waals surface area contributed by atoms with Crippen molar-refractivity contribution >= 4 is 33.2 Å². The Morgan fingerprint density at radius 1 is 0.548 bits per heavy atom. The van der Waals surface area contributed by atoms with Crippen LogP contribution in [0.5, 0.6) is 0 Å². The molecule has 0 unspecified atom stereocenters. The standard InChI is InChI=1S/C40H32N2/c1-26-23-27(17-21-37(26)41-29-19-20-32-31-13-7-9-15-35(31)40(2,3)36(32)25-29)28-18-22-39-34(24-28)33-14-8-10-16-38(33)42(39)30-11-5-4-6-12-30/h4-25,41H,1-3H3. The van der Waals surface area contributed by atoms with E-state index in [1.54, 1.807) is 0 Å². The number of anilines is 2. The molecule has 1 heterocycles. The van der Waals surface area contributed by atoms with Crippen molar-refractivity contribution in [2.75, 3.05) is 5.32 Å². The monoisotopic (exact) mass is 540 g/mol. The number of para-hydroxylation sites is 2. The van der Waals surface area contributed by atoms with E-state index < -0.39 is 0 Å². The van der Waals surface area contributed by atoms with Crippen LogP contribution in [0, 0.1) is 6.92 Å². The molecule has 1 aliphatic rings. The number of nitrogens with zero attached hydrogens (tertiary/aromatic N) is 1. The number of nitrogens with one attached hydrogen (secondary N) is 1. The minimum absolute atomic E-state index is 0.00913. The topological polar surface area (TPSA) is 17.0 Å². The lowest BCUT2D eigenvalue weighted by molar-refractivity contribution is 0.660. The number of benzene rings is 6. The first-order valence-electron chi connectivity index (χ1n) is 14.7. The van der Waals surface area contributed by atoms with E-state index in [-0.39, 0.29) is 5.41 Å². The normalized spacial score (nSPS) is 13.3. The zero-order chi connectivity index (χ0) is 28.4. The van der Waals surface area contributed by atoms with Crippen LogP contribution in [0.4, 0.5) is 11.4 Å². The molecule has 7 aromatic rings. The summed E-state index contributed by atoms with van der Waals surface area (Å²) < 4.78 is 2.36. The van der Waals surface area contributed by atoms with Crippen molar-refractivity contribution in [1.29, 1.82) is 0 Å². The first-order chi connectivity index (χ1) is 20.5. The molecule has 2 heteroatoms. The van der Waals surface area contributed by atoms with E-state index in [0.29, 0.717) is 0 Å². The Kier molecular flexibility index (Phi) is 5.42. The molecule has 0 radical (unpaired) electrons. The fraction of sp³-hybridized carbons (Fsp3) is 0.100. The lowest BCUT2D eigenvalue weighted by atomic mass is 9.82. The molecule has 0 saturated carbocycles. The molecule has 1 aliphatic carbocycles. The van der Waals surface area contributed by atoms with Crippen LogP contribution in [-0.2, 0) is 5.41 Å². The molecule has 6 aromatic carbocycles. The van der Waals surface area contributed by atoms with Crippen LogP contribution in [0.1, 0.15) is 30.5 Å². The van der Waals surface area contributed by atoms with Gasteiger partial charge in [0.25, 0.3) is 0 Å². The van der Waals surface area contributed by atoms with E-state index in [1.165, 1.54) is 66.4 Å². The van der Waals surface area contributed by atoms with Gasteiger partial charge in [-0.3, -0.25) is 0 Å². The minimum atomic E-state index is -0.00913. The molecule has 1 aromatic heterocycles. The van der Waals surface area contributed by atoms with Gasteiger partial charge in [0.1, 0.15) is 0 Å². The van der Waals surface area contributed by atoms with Gasteiger partial charge < -0.3 is 9.88 Å². The number of aromatic nitrogens is 1. The number of hydrogen-bond acceptors (Lipinski definition) is 1. The highest BCUT2D eigenvalue weighted by atomic mass is 15.0. The largest absolute Gasteiger partial charge is 0.355 e. The summed E-state index contributed by atoms with van der Waals surface area (Å²) in [6, 6.07) is 48.6. The maximum atomic E-state index is 3.72. The van der Waals surface area contributed by atoms with Gasteiger partial charge in [0.2, 0.25) is 0 Å². The van der Waals surface area contributed by atoms with Gasteiger partial charge in [-0.25, -0.2) is 0 Å². The van der Waals surface area contributed by atoms with Crippen LogP contribution in [0.25, 0.3) is 49.7 Å². The summed E-state index contributed by atoms with van der Waals surface area (Å²) in [5.41, 5.74) is 15.0. The van der Waals surface area contributed by atoms with Crippen molar-refractivity contribution in [1.82, 2.24) is 4.57 Å². The minimum Gasteiger partial charge on any atom is -0.355 e. The Labute approximate surface area is 246 Å². The molecule has 0 fully saturated rings. The predicted octanol–water partition coefficient (Wildman–Crippen LogP) is 10.8. The van der Waals surface area contributed by atoms with Crippen LogP contribution in [0.15, 0.2) is 133 Å². The maximum Gasteiger partial charge on any atom is 0.0541 e. The fourth-order valence-corrected chi connectivity index (χ4v) is 6.93. The average molecular weight is 541 g/mol. The summed E-state index contributed by atoms with van der Waals surface area (Å²) in [6.07, 6.45) is 0. The molecular formula is C40H32N2. The number of fused-ring (bicyclic) bond motifs is 6. The predicted molar refractivity (Wildman–Crippen MR) is 178 cm³/mol. The number of aryl methyl sites for hydroxylation is 1. The van der Waals surface area contributed by atoms with Crippen LogP contribution in [0.2, 0.25) is 0 Å². The van der Waals surface area contributed by atoms with Gasteiger partial charge in [-0.2, -0.15) is 0 Å². The van der Waals surface area contributed by atoms with Gasteiger partial charge in [0, 0.05) is 33.2 Å². The first kappa shape index (κ1) is 24.7. The van der Waals surface area contributed by atoms with E-state index in [9.17, 15) is 0 Å². The first-order valence-corrected chi connectivity index (χ1v) is 14.7. The Bertz CT molecular complexity index is 2150. The zero-order valence-electron chi connectivity index (χ0n) is 24.1. The van der Waals surface area contributed by atoms with Gasteiger partial charge in [-0.05, 0) is 100 Å². The molecule has 0 saturated heterocycles. The van der Waals surface area contributed by atoms with Crippen molar-refractivity contribution in [3.63, 3.8) is 0 Å². The van der Waals surface area contributed by atoms with Gasteiger partial charge in [-0.15, -0.1) is 0 Å². The van der Waals surface area contributed by atoms with Crippen molar-refractivity contribution < 1.29 is 0 Å². The molecule has 8 rings (SSSR count). The zero-order valence-corrected chi connectivity index (χ0v) is 24.1.